The molecule has 2 aliphatic rings. The number of aromatic nitrogens is 2. The van der Waals surface area contributed by atoms with Crippen molar-refractivity contribution in [3.05, 3.63) is 66.5 Å². The number of aliphatic hydroxyl groups is 1. The van der Waals surface area contributed by atoms with Crippen LogP contribution < -0.4 is 9.64 Å². The molecule has 1 spiro atoms. The number of nitrogens with zero attached hydrogens (tertiary/aromatic N) is 3. The van der Waals surface area contributed by atoms with E-state index in [1.54, 1.807) is 13.3 Å². The molecule has 0 saturated carbocycles. The van der Waals surface area contributed by atoms with Crippen LogP contribution in [0.25, 0.3) is 11.1 Å². The normalized spacial score (nSPS) is 20.2. The van der Waals surface area contributed by atoms with Gasteiger partial charge < -0.3 is 19.6 Å². The van der Waals surface area contributed by atoms with E-state index < -0.39 is 0 Å². The molecule has 1 aromatic heterocycles. The maximum absolute atomic E-state index is 13.9. The van der Waals surface area contributed by atoms with Crippen molar-refractivity contribution < 1.29 is 14.6 Å². The first kappa shape index (κ1) is 22.6. The monoisotopic (exact) mass is 460 g/mol. The summed E-state index contributed by atoms with van der Waals surface area (Å²) in [6.07, 6.45) is 6.29. The summed E-state index contributed by atoms with van der Waals surface area (Å²) in [5, 5.41) is 16.3. The number of amides is 1. The number of H-pyrrole nitrogens is 1. The molecule has 7 heteroatoms. The number of carbonyl (C=O) groups is 1. The topological polar surface area (TPSA) is 81.7 Å². The maximum atomic E-state index is 13.9. The molecular formula is C27H32N4O3. The number of benzene rings is 2. The summed E-state index contributed by atoms with van der Waals surface area (Å²) < 4.78 is 5.42. The lowest BCUT2D eigenvalue weighted by atomic mass is 9.68. The molecule has 0 radical (unpaired) electrons. The van der Waals surface area contributed by atoms with Crippen LogP contribution in [0.15, 0.2) is 60.9 Å². The molecule has 2 fully saturated rings. The van der Waals surface area contributed by atoms with Crippen LogP contribution in [0.2, 0.25) is 0 Å². The molecule has 7 nitrogen and oxygen atoms in total. The highest BCUT2D eigenvalue weighted by Crippen LogP contribution is 2.48. The van der Waals surface area contributed by atoms with E-state index in [0.717, 1.165) is 60.6 Å². The number of piperidine rings is 1. The second-order valence-electron chi connectivity index (χ2n) is 9.49. The van der Waals surface area contributed by atoms with E-state index in [1.165, 1.54) is 0 Å². The van der Waals surface area contributed by atoms with Gasteiger partial charge in [0.05, 0.1) is 19.9 Å². The Labute approximate surface area is 200 Å². The Morgan fingerprint density at radius 1 is 1.15 bits per heavy atom. The summed E-state index contributed by atoms with van der Waals surface area (Å²) in [6, 6.07) is 16.3. The molecule has 178 valence electrons. The molecule has 1 atom stereocenters. The number of β-amino-alcohol motifs (C(OH)–C–C–N with tert-alkyl or cyclic N) is 1. The van der Waals surface area contributed by atoms with Crippen molar-refractivity contribution in [2.24, 2.45) is 11.3 Å². The van der Waals surface area contributed by atoms with E-state index in [4.69, 9.17) is 4.74 Å². The number of ether oxygens (including phenoxy) is 1. The molecule has 34 heavy (non-hydrogen) atoms. The minimum Gasteiger partial charge on any atom is -0.497 e. The third kappa shape index (κ3) is 4.33. The summed E-state index contributed by atoms with van der Waals surface area (Å²) in [5.74, 6) is 0.945. The number of hydrogen-bond donors (Lipinski definition) is 2. The lowest BCUT2D eigenvalue weighted by Crippen LogP contribution is -2.45. The van der Waals surface area contributed by atoms with Crippen molar-refractivity contribution >= 4 is 11.6 Å². The second-order valence-corrected chi connectivity index (χ2v) is 9.49. The highest BCUT2D eigenvalue weighted by atomic mass is 16.5. The van der Waals surface area contributed by atoms with Crippen LogP contribution >= 0.6 is 0 Å². The van der Waals surface area contributed by atoms with Gasteiger partial charge in [0.25, 0.3) is 0 Å². The summed E-state index contributed by atoms with van der Waals surface area (Å²) in [5.41, 5.74) is 4.11. The summed E-state index contributed by atoms with van der Waals surface area (Å²) in [4.78, 5) is 18.2. The predicted molar refractivity (Wildman–Crippen MR) is 132 cm³/mol. The Morgan fingerprint density at radius 2 is 1.94 bits per heavy atom. The van der Waals surface area contributed by atoms with Gasteiger partial charge in [0.15, 0.2) is 0 Å². The van der Waals surface area contributed by atoms with E-state index in [9.17, 15) is 9.90 Å². The molecule has 0 bridgehead atoms. The third-order valence-corrected chi connectivity index (χ3v) is 7.63. The fourth-order valence-corrected chi connectivity index (χ4v) is 5.62. The van der Waals surface area contributed by atoms with Gasteiger partial charge in [0.2, 0.25) is 5.91 Å². The van der Waals surface area contributed by atoms with Crippen molar-refractivity contribution in [2.45, 2.75) is 19.3 Å². The van der Waals surface area contributed by atoms with Crippen LogP contribution in [0.4, 0.5) is 5.69 Å². The van der Waals surface area contributed by atoms with Gasteiger partial charge in [-0.3, -0.25) is 9.89 Å². The van der Waals surface area contributed by atoms with Gasteiger partial charge in [0.1, 0.15) is 5.75 Å². The molecule has 3 heterocycles. The molecule has 2 aromatic carbocycles. The van der Waals surface area contributed by atoms with Crippen molar-refractivity contribution in [2.75, 3.05) is 44.8 Å². The van der Waals surface area contributed by atoms with Crippen molar-refractivity contribution in [3.8, 4) is 16.9 Å². The molecule has 2 saturated heterocycles. The smallest absolute Gasteiger partial charge is 0.231 e. The Hall–Kier alpha value is -3.16. The van der Waals surface area contributed by atoms with Gasteiger partial charge in [0, 0.05) is 41.9 Å². The average Bonchev–Trinajstić information content (AvgIpc) is 3.50. The number of carbonyl (C=O) groups excluding carboxylic acids is 1. The summed E-state index contributed by atoms with van der Waals surface area (Å²) in [6.45, 7) is 3.43. The predicted octanol–water partition coefficient (Wildman–Crippen LogP) is 3.37. The number of methoxy groups -OCH3 is 1. The van der Waals surface area contributed by atoms with E-state index in [-0.39, 0.29) is 23.8 Å². The van der Waals surface area contributed by atoms with Crippen LogP contribution in [0, 0.1) is 11.3 Å². The molecule has 0 aliphatic carbocycles. The van der Waals surface area contributed by atoms with Gasteiger partial charge in [-0.25, -0.2) is 0 Å². The first-order valence-corrected chi connectivity index (χ1v) is 12.0. The van der Waals surface area contributed by atoms with Gasteiger partial charge in [-0.1, -0.05) is 24.3 Å². The van der Waals surface area contributed by atoms with Crippen molar-refractivity contribution in [3.63, 3.8) is 0 Å². The maximum Gasteiger partial charge on any atom is 0.231 e. The van der Waals surface area contributed by atoms with Crippen LogP contribution in [0.1, 0.15) is 18.4 Å². The molecular weight excluding hydrogens is 428 g/mol. The molecule has 2 aliphatic heterocycles. The number of hydrogen-bond acceptors (Lipinski definition) is 5. The van der Waals surface area contributed by atoms with Gasteiger partial charge in [-0.15, -0.1) is 0 Å². The first-order valence-electron chi connectivity index (χ1n) is 12.0. The standard InChI is InChI=1S/C27H32N4O3/c1-34-24-4-2-3-20(15-24)16-25-26(33)31(19-27(25)9-11-30(12-10-27)13-14-32)23-7-5-21(6-8-23)22-17-28-29-18-22/h2-8,15,17-18,25,32H,9-14,16,19H2,1H3,(H,28,29). The van der Waals surface area contributed by atoms with E-state index in [0.29, 0.717) is 13.0 Å². The number of nitrogens with one attached hydrogen (secondary N) is 1. The minimum atomic E-state index is -0.0792. The van der Waals surface area contributed by atoms with Crippen LogP contribution in [0.5, 0.6) is 5.75 Å². The quantitative estimate of drug-likeness (QED) is 0.565. The van der Waals surface area contributed by atoms with Gasteiger partial charge in [-0.05, 0) is 67.7 Å². The molecule has 5 rings (SSSR count). The first-order chi connectivity index (χ1) is 16.6. The highest BCUT2D eigenvalue weighted by Gasteiger charge is 2.53. The highest BCUT2D eigenvalue weighted by molar-refractivity contribution is 5.98. The largest absolute Gasteiger partial charge is 0.497 e. The molecule has 1 unspecified atom stereocenters. The fourth-order valence-electron chi connectivity index (χ4n) is 5.62. The Bertz CT molecular complexity index is 1110. The lowest BCUT2D eigenvalue weighted by molar-refractivity contribution is -0.122. The Morgan fingerprint density at radius 3 is 2.62 bits per heavy atom. The third-order valence-electron chi connectivity index (χ3n) is 7.63. The average molecular weight is 461 g/mol. The zero-order valence-corrected chi connectivity index (χ0v) is 19.6. The van der Waals surface area contributed by atoms with Crippen LogP contribution in [-0.4, -0.2) is 66.0 Å². The number of rotatable bonds is 7. The summed E-state index contributed by atoms with van der Waals surface area (Å²) in [7, 11) is 1.67. The van der Waals surface area contributed by atoms with E-state index in [2.05, 4.69) is 33.3 Å². The second kappa shape index (κ2) is 9.60. The lowest BCUT2D eigenvalue weighted by Gasteiger charge is -2.41. The van der Waals surface area contributed by atoms with Gasteiger partial charge in [-0.2, -0.15) is 5.10 Å². The molecule has 2 N–H and O–H groups in total. The van der Waals surface area contributed by atoms with Crippen LogP contribution in [0.3, 0.4) is 0 Å². The zero-order chi connectivity index (χ0) is 23.5. The molecule has 1 amide bonds. The molecule has 3 aromatic rings. The number of likely N-dealkylation sites (tertiary alicyclic amines) is 1. The van der Waals surface area contributed by atoms with Crippen molar-refractivity contribution in [1.29, 1.82) is 0 Å². The minimum absolute atomic E-state index is 0.0741. The number of aliphatic hydroxyl groups excluding tert-OH is 1. The number of aromatic amines is 1. The summed E-state index contributed by atoms with van der Waals surface area (Å²) >= 11 is 0. The van der Waals surface area contributed by atoms with E-state index >= 15 is 0 Å². The zero-order valence-electron chi connectivity index (χ0n) is 19.6. The fraction of sp³-hybridized carbons (Fsp3) is 0.407. The Kier molecular flexibility index (Phi) is 6.39. The SMILES string of the molecule is COc1cccc(CC2C(=O)N(c3ccc(-c4cn[nH]c4)cc3)CC23CCN(CCO)CC3)c1. The Balaban J connectivity index is 1.42. The van der Waals surface area contributed by atoms with E-state index in [1.807, 2.05) is 41.4 Å². The van der Waals surface area contributed by atoms with Gasteiger partial charge >= 0.3 is 0 Å². The van der Waals surface area contributed by atoms with Crippen molar-refractivity contribution in [1.82, 2.24) is 15.1 Å². The number of anilines is 1. The van der Waals surface area contributed by atoms with Crippen LogP contribution in [-0.2, 0) is 11.2 Å².